The third-order valence-electron chi connectivity index (χ3n) is 6.26. The SMILES string of the molecule is Cc1cc(S(=O)(=O)N2CCCCC2)ccc1OCC(=O)N1CCN(c2cccc(Cl)c2)CC1. The van der Waals surface area contributed by atoms with Crippen molar-refractivity contribution < 1.29 is 17.9 Å². The summed E-state index contributed by atoms with van der Waals surface area (Å²) in [5, 5.41) is 0.699. The van der Waals surface area contributed by atoms with E-state index < -0.39 is 10.0 Å². The van der Waals surface area contributed by atoms with Crippen LogP contribution in [0.4, 0.5) is 5.69 Å². The Bertz CT molecular complexity index is 1090. The van der Waals surface area contributed by atoms with Crippen molar-refractivity contribution in [2.45, 2.75) is 31.1 Å². The molecule has 2 fully saturated rings. The van der Waals surface area contributed by atoms with E-state index in [1.165, 1.54) is 0 Å². The number of rotatable bonds is 6. The minimum absolute atomic E-state index is 0.0732. The molecule has 2 aliphatic heterocycles. The second-order valence-corrected chi connectivity index (χ2v) is 10.9. The van der Waals surface area contributed by atoms with Gasteiger partial charge in [-0.25, -0.2) is 8.42 Å². The van der Waals surface area contributed by atoms with Gasteiger partial charge in [0.25, 0.3) is 5.91 Å². The Hall–Kier alpha value is -2.29. The van der Waals surface area contributed by atoms with E-state index in [0.717, 1.165) is 38.0 Å². The van der Waals surface area contributed by atoms with Gasteiger partial charge in [-0.2, -0.15) is 4.31 Å². The van der Waals surface area contributed by atoms with Crippen LogP contribution in [0, 0.1) is 6.92 Å². The van der Waals surface area contributed by atoms with Gasteiger partial charge < -0.3 is 14.5 Å². The van der Waals surface area contributed by atoms with E-state index in [9.17, 15) is 13.2 Å². The van der Waals surface area contributed by atoms with Crippen LogP contribution in [0.15, 0.2) is 47.4 Å². The Balaban J connectivity index is 1.31. The van der Waals surface area contributed by atoms with Crippen molar-refractivity contribution in [3.05, 3.63) is 53.1 Å². The summed E-state index contributed by atoms with van der Waals surface area (Å²) in [5.41, 5.74) is 1.76. The minimum Gasteiger partial charge on any atom is -0.483 e. The summed E-state index contributed by atoms with van der Waals surface area (Å²) >= 11 is 6.09. The van der Waals surface area contributed by atoms with Crippen molar-refractivity contribution in [1.82, 2.24) is 9.21 Å². The molecule has 2 aromatic carbocycles. The molecule has 7 nitrogen and oxygen atoms in total. The standard InChI is InChI=1S/C24H30ClN3O4S/c1-19-16-22(33(30,31)28-10-3-2-4-11-28)8-9-23(19)32-18-24(29)27-14-12-26(13-15-27)21-7-5-6-20(25)17-21/h5-9,16-17H,2-4,10-15,18H2,1H3. The predicted molar refractivity (Wildman–Crippen MR) is 130 cm³/mol. The number of anilines is 1. The molecule has 0 spiro atoms. The topological polar surface area (TPSA) is 70.2 Å². The number of ether oxygens (including phenoxy) is 1. The van der Waals surface area contributed by atoms with E-state index in [1.54, 1.807) is 34.3 Å². The van der Waals surface area contributed by atoms with Crippen molar-refractivity contribution in [3.8, 4) is 5.75 Å². The summed E-state index contributed by atoms with van der Waals surface area (Å²) in [5.74, 6) is 0.448. The fraction of sp³-hybridized carbons (Fsp3) is 0.458. The van der Waals surface area contributed by atoms with Gasteiger partial charge in [-0.15, -0.1) is 0 Å². The molecular weight excluding hydrogens is 462 g/mol. The van der Waals surface area contributed by atoms with Crippen LogP contribution in [0.5, 0.6) is 5.75 Å². The van der Waals surface area contributed by atoms with Gasteiger partial charge in [0.05, 0.1) is 4.90 Å². The number of amides is 1. The lowest BCUT2D eigenvalue weighted by atomic mass is 10.2. The van der Waals surface area contributed by atoms with E-state index >= 15 is 0 Å². The lowest BCUT2D eigenvalue weighted by Crippen LogP contribution is -2.50. The molecule has 0 unspecified atom stereocenters. The molecule has 0 radical (unpaired) electrons. The maximum absolute atomic E-state index is 12.9. The number of nitrogens with zero attached hydrogens (tertiary/aromatic N) is 3. The maximum Gasteiger partial charge on any atom is 0.260 e. The Morgan fingerprint density at radius 2 is 1.70 bits per heavy atom. The molecule has 178 valence electrons. The number of hydrogen-bond acceptors (Lipinski definition) is 5. The van der Waals surface area contributed by atoms with Gasteiger partial charge in [0, 0.05) is 50.0 Å². The van der Waals surface area contributed by atoms with Crippen molar-refractivity contribution >= 4 is 33.2 Å². The van der Waals surface area contributed by atoms with Gasteiger partial charge in [0.15, 0.2) is 6.61 Å². The molecule has 0 saturated carbocycles. The summed E-state index contributed by atoms with van der Waals surface area (Å²) < 4.78 is 33.1. The molecule has 2 aliphatic rings. The molecule has 4 rings (SSSR count). The second kappa shape index (κ2) is 10.3. The van der Waals surface area contributed by atoms with Gasteiger partial charge in [-0.05, 0) is 61.7 Å². The normalized spacial score (nSPS) is 17.8. The van der Waals surface area contributed by atoms with Crippen LogP contribution in [-0.4, -0.2) is 69.4 Å². The number of piperazine rings is 1. The van der Waals surface area contributed by atoms with Crippen LogP contribution in [0.2, 0.25) is 5.02 Å². The smallest absolute Gasteiger partial charge is 0.260 e. The lowest BCUT2D eigenvalue weighted by Gasteiger charge is -2.36. The first-order valence-electron chi connectivity index (χ1n) is 11.4. The second-order valence-electron chi connectivity index (χ2n) is 8.53. The van der Waals surface area contributed by atoms with E-state index in [-0.39, 0.29) is 17.4 Å². The first kappa shape index (κ1) is 23.9. The minimum atomic E-state index is -3.49. The van der Waals surface area contributed by atoms with E-state index in [1.807, 2.05) is 24.3 Å². The summed E-state index contributed by atoms with van der Waals surface area (Å²) in [6.07, 6.45) is 2.87. The number of carbonyl (C=O) groups excluding carboxylic acids is 1. The lowest BCUT2D eigenvalue weighted by molar-refractivity contribution is -0.133. The summed E-state index contributed by atoms with van der Waals surface area (Å²) in [4.78, 5) is 17.0. The first-order chi connectivity index (χ1) is 15.8. The van der Waals surface area contributed by atoms with Crippen LogP contribution in [0.1, 0.15) is 24.8 Å². The maximum atomic E-state index is 12.9. The molecule has 0 atom stereocenters. The van der Waals surface area contributed by atoms with Crippen molar-refractivity contribution in [2.24, 2.45) is 0 Å². The molecule has 9 heteroatoms. The number of sulfonamides is 1. The Kier molecular flexibility index (Phi) is 7.46. The average Bonchev–Trinajstić information content (AvgIpc) is 2.83. The zero-order valence-corrected chi connectivity index (χ0v) is 20.4. The van der Waals surface area contributed by atoms with Crippen LogP contribution in [0.3, 0.4) is 0 Å². The highest BCUT2D eigenvalue weighted by molar-refractivity contribution is 7.89. The van der Waals surface area contributed by atoms with Gasteiger partial charge >= 0.3 is 0 Å². The molecule has 0 bridgehead atoms. The van der Waals surface area contributed by atoms with Gasteiger partial charge in [-0.3, -0.25) is 4.79 Å². The van der Waals surface area contributed by atoms with E-state index in [2.05, 4.69) is 4.90 Å². The predicted octanol–water partition coefficient (Wildman–Crippen LogP) is 3.55. The molecule has 33 heavy (non-hydrogen) atoms. The van der Waals surface area contributed by atoms with E-state index in [0.29, 0.717) is 42.5 Å². The third-order valence-corrected chi connectivity index (χ3v) is 8.39. The van der Waals surface area contributed by atoms with Crippen molar-refractivity contribution in [2.75, 3.05) is 50.8 Å². The highest BCUT2D eigenvalue weighted by Gasteiger charge is 2.27. The van der Waals surface area contributed by atoms with Crippen molar-refractivity contribution in [1.29, 1.82) is 0 Å². The Morgan fingerprint density at radius 3 is 2.36 bits per heavy atom. The van der Waals surface area contributed by atoms with Gasteiger partial charge in [0.2, 0.25) is 10.0 Å². The molecule has 0 N–H and O–H groups in total. The van der Waals surface area contributed by atoms with Crippen molar-refractivity contribution in [3.63, 3.8) is 0 Å². The summed E-state index contributed by atoms with van der Waals surface area (Å²) in [6.45, 7) is 5.55. The number of piperidine rings is 1. The molecule has 2 saturated heterocycles. The third kappa shape index (κ3) is 5.62. The molecule has 0 aliphatic carbocycles. The number of benzene rings is 2. The molecular formula is C24H30ClN3O4S. The molecule has 2 heterocycles. The molecule has 0 aromatic heterocycles. The zero-order valence-electron chi connectivity index (χ0n) is 18.9. The Morgan fingerprint density at radius 1 is 0.970 bits per heavy atom. The Labute approximate surface area is 200 Å². The van der Waals surface area contributed by atoms with Crippen LogP contribution < -0.4 is 9.64 Å². The quantitative estimate of drug-likeness (QED) is 0.618. The largest absolute Gasteiger partial charge is 0.483 e. The highest BCUT2D eigenvalue weighted by Crippen LogP contribution is 2.26. The zero-order chi connectivity index (χ0) is 23.4. The van der Waals surface area contributed by atoms with E-state index in [4.69, 9.17) is 16.3 Å². The first-order valence-corrected chi connectivity index (χ1v) is 13.2. The highest BCUT2D eigenvalue weighted by atomic mass is 35.5. The fourth-order valence-electron chi connectivity index (χ4n) is 4.32. The molecule has 1 amide bonds. The van der Waals surface area contributed by atoms with Crippen LogP contribution >= 0.6 is 11.6 Å². The monoisotopic (exact) mass is 491 g/mol. The van der Waals surface area contributed by atoms with Crippen LogP contribution in [-0.2, 0) is 14.8 Å². The fourth-order valence-corrected chi connectivity index (χ4v) is 6.10. The number of halogens is 1. The summed E-state index contributed by atoms with van der Waals surface area (Å²) in [7, 11) is -3.49. The number of aryl methyl sites for hydroxylation is 1. The van der Waals surface area contributed by atoms with Gasteiger partial charge in [-0.1, -0.05) is 24.1 Å². The van der Waals surface area contributed by atoms with Gasteiger partial charge in [0.1, 0.15) is 5.75 Å². The molecule has 2 aromatic rings. The summed E-state index contributed by atoms with van der Waals surface area (Å²) in [6, 6.07) is 12.6. The number of carbonyl (C=O) groups is 1. The average molecular weight is 492 g/mol. The van der Waals surface area contributed by atoms with Crippen LogP contribution in [0.25, 0.3) is 0 Å². The number of hydrogen-bond donors (Lipinski definition) is 0.